The fourth-order valence-corrected chi connectivity index (χ4v) is 0.756. The van der Waals surface area contributed by atoms with Crippen LogP contribution in [0.4, 0.5) is 0 Å². The molecule has 0 amide bonds. The first-order valence-electron chi connectivity index (χ1n) is 3.53. The van der Waals surface area contributed by atoms with Gasteiger partial charge in [-0.15, -0.1) is 0 Å². The maximum Gasteiger partial charge on any atom is 0.311 e. The van der Waals surface area contributed by atoms with Crippen molar-refractivity contribution < 1.29 is 9.53 Å². The minimum absolute atomic E-state index is 0.243. The molecule has 12 heavy (non-hydrogen) atoms. The average Bonchev–Trinajstić information content (AvgIpc) is 2.33. The minimum Gasteiger partial charge on any atom is -0.469 e. The van der Waals surface area contributed by atoms with Gasteiger partial charge in [0.1, 0.15) is 0 Å². The van der Waals surface area contributed by atoms with Crippen molar-refractivity contribution in [2.24, 2.45) is 4.99 Å². The number of esters is 1. The third-order valence-electron chi connectivity index (χ3n) is 1.35. The van der Waals surface area contributed by atoms with E-state index in [2.05, 4.69) is 15.0 Å². The Morgan fingerprint density at radius 2 is 2.58 bits per heavy atom. The molecule has 0 saturated carbocycles. The number of aliphatic imine (C=N–C) groups is 1. The zero-order chi connectivity index (χ0) is 8.81. The number of hydrogen-bond acceptors (Lipinski definition) is 4. The van der Waals surface area contributed by atoms with Gasteiger partial charge in [-0.05, 0) is 6.08 Å². The lowest BCUT2D eigenvalue weighted by Gasteiger charge is -2.02. The van der Waals surface area contributed by atoms with Gasteiger partial charge in [0.2, 0.25) is 0 Å². The molecule has 1 aliphatic rings. The van der Waals surface area contributed by atoms with Crippen LogP contribution in [-0.4, -0.2) is 19.3 Å². The smallest absolute Gasteiger partial charge is 0.311 e. The molecule has 0 spiro atoms. The van der Waals surface area contributed by atoms with Gasteiger partial charge >= 0.3 is 5.97 Å². The van der Waals surface area contributed by atoms with E-state index < -0.39 is 0 Å². The van der Waals surface area contributed by atoms with Crippen LogP contribution in [0.25, 0.3) is 0 Å². The summed E-state index contributed by atoms with van der Waals surface area (Å²) in [6.07, 6.45) is 6.87. The van der Waals surface area contributed by atoms with E-state index in [-0.39, 0.29) is 12.4 Å². The zero-order valence-corrected chi connectivity index (χ0v) is 6.78. The van der Waals surface area contributed by atoms with Gasteiger partial charge in [0.25, 0.3) is 0 Å². The summed E-state index contributed by atoms with van der Waals surface area (Å²) in [5.74, 6) is -0.266. The highest BCUT2D eigenvalue weighted by atomic mass is 16.5. The molecule has 0 aliphatic carbocycles. The highest BCUT2D eigenvalue weighted by Gasteiger charge is 2.03. The molecule has 0 aromatic carbocycles. The Kier molecular flexibility index (Phi) is 3.07. The van der Waals surface area contributed by atoms with E-state index in [4.69, 9.17) is 0 Å². The van der Waals surface area contributed by atoms with Crippen LogP contribution >= 0.6 is 0 Å². The molecule has 1 aliphatic heterocycles. The van der Waals surface area contributed by atoms with E-state index in [0.29, 0.717) is 0 Å². The molecule has 0 fully saturated rings. The molecule has 0 unspecified atom stereocenters. The van der Waals surface area contributed by atoms with Crippen molar-refractivity contribution in [3.8, 4) is 0 Å². The van der Waals surface area contributed by atoms with Gasteiger partial charge in [-0.25, -0.2) is 0 Å². The highest BCUT2D eigenvalue weighted by Crippen LogP contribution is 1.99. The number of nitrogens with zero attached hydrogens (tertiary/aromatic N) is 1. The van der Waals surface area contributed by atoms with E-state index in [1.54, 1.807) is 24.7 Å². The number of carbonyl (C=O) groups is 1. The van der Waals surface area contributed by atoms with Gasteiger partial charge in [-0.1, -0.05) is 0 Å². The second-order valence-electron chi connectivity index (χ2n) is 2.20. The number of nitrogens with one attached hydrogen (secondary N) is 1. The second kappa shape index (κ2) is 4.33. The topological polar surface area (TPSA) is 50.7 Å². The largest absolute Gasteiger partial charge is 0.469 e. The molecule has 0 bridgehead atoms. The molecule has 0 saturated heterocycles. The molecular weight excluding hydrogens is 156 g/mol. The lowest BCUT2D eigenvalue weighted by atomic mass is 10.3. The van der Waals surface area contributed by atoms with E-state index in [1.807, 2.05) is 0 Å². The summed E-state index contributed by atoms with van der Waals surface area (Å²) in [5, 5.41) is 2.90. The first kappa shape index (κ1) is 8.52. The number of rotatable bonds is 2. The summed E-state index contributed by atoms with van der Waals surface area (Å²) >= 11 is 0. The molecule has 4 heteroatoms. The van der Waals surface area contributed by atoms with Crippen molar-refractivity contribution >= 4 is 12.2 Å². The first-order chi connectivity index (χ1) is 5.83. The zero-order valence-electron chi connectivity index (χ0n) is 6.78. The van der Waals surface area contributed by atoms with E-state index in [1.165, 1.54) is 7.11 Å². The Morgan fingerprint density at radius 3 is 3.33 bits per heavy atom. The quantitative estimate of drug-likeness (QED) is 0.610. The summed E-state index contributed by atoms with van der Waals surface area (Å²) in [6.45, 7) is 0. The molecule has 1 rings (SSSR count). The average molecular weight is 166 g/mol. The van der Waals surface area contributed by atoms with Crippen LogP contribution in [0.15, 0.2) is 29.2 Å². The molecule has 0 aromatic rings. The Hall–Kier alpha value is -1.58. The van der Waals surface area contributed by atoms with Crippen LogP contribution < -0.4 is 5.32 Å². The van der Waals surface area contributed by atoms with Crippen molar-refractivity contribution in [2.75, 3.05) is 7.11 Å². The second-order valence-corrected chi connectivity index (χ2v) is 2.20. The van der Waals surface area contributed by atoms with Crippen molar-refractivity contribution in [3.05, 3.63) is 24.2 Å². The third kappa shape index (κ3) is 2.57. The predicted octanol–water partition coefficient (Wildman–Crippen LogP) is 0.579. The third-order valence-corrected chi connectivity index (χ3v) is 1.35. The first-order valence-corrected chi connectivity index (χ1v) is 3.53. The van der Waals surface area contributed by atoms with Crippen LogP contribution in [0.5, 0.6) is 0 Å². The van der Waals surface area contributed by atoms with Crippen molar-refractivity contribution in [2.45, 2.75) is 6.42 Å². The maximum absolute atomic E-state index is 10.8. The number of carbonyl (C=O) groups excluding carboxylic acids is 1. The van der Waals surface area contributed by atoms with E-state index in [9.17, 15) is 4.79 Å². The van der Waals surface area contributed by atoms with Crippen LogP contribution in [0, 0.1) is 0 Å². The number of allylic oxidation sites excluding steroid dienone is 1. The van der Waals surface area contributed by atoms with Gasteiger partial charge in [0.15, 0.2) is 0 Å². The molecule has 0 aromatic heterocycles. The molecule has 4 nitrogen and oxygen atoms in total. The fourth-order valence-electron chi connectivity index (χ4n) is 0.756. The molecule has 64 valence electrons. The molecular formula is C8H10N2O2. The minimum atomic E-state index is -0.266. The SMILES string of the molecule is COC(=O)CC1=CC=NC=CN1. The van der Waals surface area contributed by atoms with Crippen molar-refractivity contribution in [1.82, 2.24) is 5.32 Å². The van der Waals surface area contributed by atoms with Crippen molar-refractivity contribution in [1.29, 1.82) is 0 Å². The number of ether oxygens (including phenoxy) is 1. The number of methoxy groups -OCH3 is 1. The van der Waals surface area contributed by atoms with Crippen LogP contribution in [0.3, 0.4) is 0 Å². The van der Waals surface area contributed by atoms with Gasteiger partial charge in [0.05, 0.1) is 13.5 Å². The number of hydrogen-bond donors (Lipinski definition) is 1. The van der Waals surface area contributed by atoms with Crippen LogP contribution in [0.1, 0.15) is 6.42 Å². The Labute approximate surface area is 70.6 Å². The summed E-state index contributed by atoms with van der Waals surface area (Å²) < 4.78 is 4.51. The van der Waals surface area contributed by atoms with Crippen LogP contribution in [0.2, 0.25) is 0 Å². The fraction of sp³-hybridized carbons (Fsp3) is 0.250. The Balaban J connectivity index is 2.52. The van der Waals surface area contributed by atoms with Crippen molar-refractivity contribution in [3.63, 3.8) is 0 Å². The van der Waals surface area contributed by atoms with Gasteiger partial charge in [-0.2, -0.15) is 0 Å². The lowest BCUT2D eigenvalue weighted by Crippen LogP contribution is -2.11. The summed E-state index contributed by atoms with van der Waals surface area (Å²) in [4.78, 5) is 14.7. The predicted molar refractivity (Wildman–Crippen MR) is 45.5 cm³/mol. The summed E-state index contributed by atoms with van der Waals surface area (Å²) in [5.41, 5.74) is 0.777. The monoisotopic (exact) mass is 166 g/mol. The van der Waals surface area contributed by atoms with E-state index in [0.717, 1.165) is 5.70 Å². The molecule has 1 N–H and O–H groups in total. The van der Waals surface area contributed by atoms with Gasteiger partial charge in [-0.3, -0.25) is 9.79 Å². The van der Waals surface area contributed by atoms with Gasteiger partial charge in [0, 0.05) is 24.3 Å². The molecule has 0 atom stereocenters. The molecule has 0 radical (unpaired) electrons. The maximum atomic E-state index is 10.8. The lowest BCUT2D eigenvalue weighted by molar-refractivity contribution is -0.139. The van der Waals surface area contributed by atoms with E-state index >= 15 is 0 Å². The van der Waals surface area contributed by atoms with Gasteiger partial charge < -0.3 is 10.1 Å². The summed E-state index contributed by atoms with van der Waals surface area (Å²) in [6, 6.07) is 0. The Morgan fingerprint density at radius 1 is 1.75 bits per heavy atom. The summed E-state index contributed by atoms with van der Waals surface area (Å²) in [7, 11) is 1.36. The highest BCUT2D eigenvalue weighted by molar-refractivity contribution is 5.77. The standard InChI is InChI=1S/C8H10N2O2/c1-12-8(11)6-7-2-3-9-4-5-10-7/h2-5,10H,6H2,1H3. The normalized spacial score (nSPS) is 14.6. The van der Waals surface area contributed by atoms with Crippen LogP contribution in [-0.2, 0) is 9.53 Å². The Bertz CT molecular complexity index is 254. The molecule has 1 heterocycles.